The van der Waals surface area contributed by atoms with Crippen LogP contribution in [0, 0.1) is 6.92 Å². The Kier molecular flexibility index (Phi) is 6.07. The van der Waals surface area contributed by atoms with Crippen molar-refractivity contribution >= 4 is 28.8 Å². The minimum Gasteiger partial charge on any atom is -0.354 e. The first-order chi connectivity index (χ1) is 13.8. The van der Waals surface area contributed by atoms with Crippen LogP contribution < -0.4 is 10.6 Å². The summed E-state index contributed by atoms with van der Waals surface area (Å²) < 4.78 is 0. The molecule has 0 aliphatic carbocycles. The van der Waals surface area contributed by atoms with Crippen molar-refractivity contribution in [1.82, 2.24) is 4.98 Å². The minimum absolute atomic E-state index is 0.0304. The highest BCUT2D eigenvalue weighted by molar-refractivity contribution is 6.04. The zero-order valence-electron chi connectivity index (χ0n) is 17.1. The van der Waals surface area contributed by atoms with Gasteiger partial charge in [-0.05, 0) is 67.3 Å². The van der Waals surface area contributed by atoms with Crippen LogP contribution in [0.4, 0.5) is 17.1 Å². The van der Waals surface area contributed by atoms with Crippen LogP contribution in [0.25, 0.3) is 0 Å². The number of hydrogen-bond donors (Lipinski definition) is 2. The summed E-state index contributed by atoms with van der Waals surface area (Å²) in [6, 6.07) is 16.7. The second kappa shape index (κ2) is 8.69. The van der Waals surface area contributed by atoms with Crippen molar-refractivity contribution in [2.45, 2.75) is 33.6 Å². The van der Waals surface area contributed by atoms with E-state index in [2.05, 4.69) is 29.5 Å². The van der Waals surface area contributed by atoms with E-state index in [1.807, 2.05) is 43.3 Å². The Morgan fingerprint density at radius 2 is 1.62 bits per heavy atom. The largest absolute Gasteiger partial charge is 0.354 e. The van der Waals surface area contributed by atoms with Crippen LogP contribution in [0.5, 0.6) is 0 Å². The van der Waals surface area contributed by atoms with Gasteiger partial charge >= 0.3 is 0 Å². The van der Waals surface area contributed by atoms with Crippen LogP contribution in [0.15, 0.2) is 60.8 Å². The van der Waals surface area contributed by atoms with Gasteiger partial charge in [-0.2, -0.15) is 0 Å². The van der Waals surface area contributed by atoms with E-state index in [0.717, 1.165) is 28.2 Å². The lowest BCUT2D eigenvalue weighted by Gasteiger charge is -2.16. The summed E-state index contributed by atoms with van der Waals surface area (Å²) in [6.45, 7) is 7.73. The van der Waals surface area contributed by atoms with E-state index in [0.29, 0.717) is 17.2 Å². The number of aromatic nitrogens is 1. The van der Waals surface area contributed by atoms with Crippen LogP contribution in [0.3, 0.4) is 0 Å². The van der Waals surface area contributed by atoms with E-state index in [9.17, 15) is 9.59 Å². The molecule has 0 fully saturated rings. The van der Waals surface area contributed by atoms with Gasteiger partial charge in [0, 0.05) is 16.9 Å². The molecule has 29 heavy (non-hydrogen) atoms. The van der Waals surface area contributed by atoms with E-state index in [-0.39, 0.29) is 11.7 Å². The van der Waals surface area contributed by atoms with Crippen molar-refractivity contribution in [1.29, 1.82) is 0 Å². The first-order valence-corrected chi connectivity index (χ1v) is 9.60. The van der Waals surface area contributed by atoms with E-state index in [1.54, 1.807) is 24.4 Å². The van der Waals surface area contributed by atoms with Crippen LogP contribution in [-0.4, -0.2) is 16.7 Å². The van der Waals surface area contributed by atoms with Gasteiger partial charge in [0.15, 0.2) is 5.78 Å². The number of rotatable bonds is 6. The molecule has 0 aliphatic heterocycles. The van der Waals surface area contributed by atoms with Gasteiger partial charge in [0.25, 0.3) is 5.91 Å². The number of ketones is 1. The van der Waals surface area contributed by atoms with Crippen LogP contribution in [0.2, 0.25) is 0 Å². The van der Waals surface area contributed by atoms with Crippen LogP contribution >= 0.6 is 0 Å². The van der Waals surface area contributed by atoms with Gasteiger partial charge in [0.05, 0.1) is 11.9 Å². The number of para-hydroxylation sites is 1. The fourth-order valence-corrected chi connectivity index (χ4v) is 3.08. The highest BCUT2D eigenvalue weighted by Gasteiger charge is 2.14. The molecule has 148 valence electrons. The Labute approximate surface area is 171 Å². The van der Waals surface area contributed by atoms with Crippen molar-refractivity contribution in [3.63, 3.8) is 0 Å². The lowest BCUT2D eigenvalue weighted by atomic mass is 9.98. The Balaban J connectivity index is 1.72. The van der Waals surface area contributed by atoms with E-state index < -0.39 is 0 Å². The first-order valence-electron chi connectivity index (χ1n) is 9.60. The number of nitrogens with one attached hydrogen (secondary N) is 2. The Morgan fingerprint density at radius 1 is 0.931 bits per heavy atom. The quantitative estimate of drug-likeness (QED) is 0.531. The van der Waals surface area contributed by atoms with Crippen molar-refractivity contribution in [2.75, 3.05) is 10.6 Å². The Morgan fingerprint density at radius 3 is 2.21 bits per heavy atom. The first kappa shape index (κ1) is 20.3. The highest BCUT2D eigenvalue weighted by atomic mass is 16.2. The topological polar surface area (TPSA) is 71.1 Å². The smallest absolute Gasteiger partial charge is 0.274 e. The molecule has 2 N–H and O–H groups in total. The van der Waals surface area contributed by atoms with Crippen molar-refractivity contribution in [2.24, 2.45) is 0 Å². The predicted octanol–water partition coefficient (Wildman–Crippen LogP) is 5.71. The summed E-state index contributed by atoms with van der Waals surface area (Å²) in [7, 11) is 0. The minimum atomic E-state index is -0.237. The third kappa shape index (κ3) is 4.88. The number of nitrogens with zero attached hydrogens (tertiary/aromatic N) is 1. The normalized spacial score (nSPS) is 10.7. The molecule has 0 atom stereocenters. The number of pyridine rings is 1. The molecule has 0 aliphatic rings. The lowest BCUT2D eigenvalue weighted by Crippen LogP contribution is -2.16. The fraction of sp³-hybridized carbons (Fsp3) is 0.208. The second-order valence-electron chi connectivity index (χ2n) is 7.34. The molecule has 5 heteroatoms. The molecule has 5 nitrogen and oxygen atoms in total. The number of anilines is 3. The standard InChI is InChI=1S/C24H25N3O2/c1-15(2)21-7-5-6-16(3)23(21)27-24(29)22-13-12-20(14-25-22)26-19-10-8-18(9-11-19)17(4)28/h5-15,26H,1-4H3,(H,27,29). The maximum absolute atomic E-state index is 12.7. The molecule has 1 amide bonds. The zero-order chi connectivity index (χ0) is 21.0. The predicted molar refractivity (Wildman–Crippen MR) is 117 cm³/mol. The average Bonchev–Trinajstić information content (AvgIpc) is 2.70. The molecule has 3 rings (SSSR count). The summed E-state index contributed by atoms with van der Waals surface area (Å²) in [6.07, 6.45) is 1.62. The molecule has 1 heterocycles. The number of Topliss-reactive ketones (excluding diaryl/α,β-unsaturated/α-hetero) is 1. The number of amides is 1. The second-order valence-corrected chi connectivity index (χ2v) is 7.34. The Bertz CT molecular complexity index is 1020. The monoisotopic (exact) mass is 387 g/mol. The van der Waals surface area contributed by atoms with Crippen LogP contribution in [0.1, 0.15) is 58.7 Å². The molecule has 1 aromatic heterocycles. The van der Waals surface area contributed by atoms with E-state index >= 15 is 0 Å². The Hall–Kier alpha value is -3.47. The zero-order valence-corrected chi connectivity index (χ0v) is 17.1. The molecule has 0 bridgehead atoms. The molecule has 0 saturated heterocycles. The molecular weight excluding hydrogens is 362 g/mol. The maximum atomic E-state index is 12.7. The molecule has 2 aromatic carbocycles. The molecule has 3 aromatic rings. The summed E-state index contributed by atoms with van der Waals surface area (Å²) >= 11 is 0. The number of carbonyl (C=O) groups excluding carboxylic acids is 2. The summed E-state index contributed by atoms with van der Waals surface area (Å²) in [5.41, 5.74) is 5.59. The molecule has 0 radical (unpaired) electrons. The average molecular weight is 387 g/mol. The number of carbonyl (C=O) groups is 2. The van der Waals surface area contributed by atoms with Crippen molar-refractivity contribution < 1.29 is 9.59 Å². The van der Waals surface area contributed by atoms with Gasteiger partial charge in [-0.15, -0.1) is 0 Å². The third-order valence-electron chi connectivity index (χ3n) is 4.74. The van der Waals surface area contributed by atoms with Gasteiger partial charge in [0.2, 0.25) is 0 Å². The summed E-state index contributed by atoms with van der Waals surface area (Å²) in [4.78, 5) is 28.3. The van der Waals surface area contributed by atoms with Gasteiger partial charge in [-0.25, -0.2) is 4.98 Å². The van der Waals surface area contributed by atoms with Crippen molar-refractivity contribution in [3.8, 4) is 0 Å². The summed E-state index contributed by atoms with van der Waals surface area (Å²) in [5.74, 6) is 0.0977. The lowest BCUT2D eigenvalue weighted by molar-refractivity contribution is 0.101. The van der Waals surface area contributed by atoms with Gasteiger partial charge < -0.3 is 10.6 Å². The van der Waals surface area contributed by atoms with Gasteiger partial charge in [-0.3, -0.25) is 9.59 Å². The molecule has 0 saturated carbocycles. The van der Waals surface area contributed by atoms with Gasteiger partial charge in [0.1, 0.15) is 5.69 Å². The molecule has 0 unspecified atom stereocenters. The highest BCUT2D eigenvalue weighted by Crippen LogP contribution is 2.28. The van der Waals surface area contributed by atoms with Crippen LogP contribution in [-0.2, 0) is 0 Å². The molecular formula is C24H25N3O2. The number of hydrogen-bond acceptors (Lipinski definition) is 4. The molecule has 0 spiro atoms. The number of benzene rings is 2. The third-order valence-corrected chi connectivity index (χ3v) is 4.74. The van der Waals surface area contributed by atoms with E-state index in [1.165, 1.54) is 6.92 Å². The van der Waals surface area contributed by atoms with Gasteiger partial charge in [-0.1, -0.05) is 32.0 Å². The SMILES string of the molecule is CC(=O)c1ccc(Nc2ccc(C(=O)Nc3c(C)cccc3C(C)C)nc2)cc1. The number of aryl methyl sites for hydroxylation is 1. The van der Waals surface area contributed by atoms with Crippen molar-refractivity contribution in [3.05, 3.63) is 83.2 Å². The summed E-state index contributed by atoms with van der Waals surface area (Å²) in [5, 5.41) is 6.22. The fourth-order valence-electron chi connectivity index (χ4n) is 3.08. The maximum Gasteiger partial charge on any atom is 0.274 e. The van der Waals surface area contributed by atoms with E-state index in [4.69, 9.17) is 0 Å².